The molecule has 0 fully saturated rings. The van der Waals surface area contributed by atoms with Gasteiger partial charge < -0.3 is 17.7 Å². The molecule has 1 aromatic rings. The lowest BCUT2D eigenvalue weighted by Gasteiger charge is -2.20. The van der Waals surface area contributed by atoms with E-state index in [0.29, 0.717) is 6.61 Å². The van der Waals surface area contributed by atoms with Gasteiger partial charge in [-0.3, -0.25) is 0 Å². The van der Waals surface area contributed by atoms with Crippen LogP contribution < -0.4 is 10.2 Å². The summed E-state index contributed by atoms with van der Waals surface area (Å²) in [5, 5.41) is 0. The van der Waals surface area contributed by atoms with E-state index in [9.17, 15) is 12.9 Å². The van der Waals surface area contributed by atoms with E-state index in [0.717, 1.165) is 12.5 Å². The minimum atomic E-state index is -5.00. The molecule has 1 nitrogen and oxygen atoms in total. The molecule has 0 aliphatic carbocycles. The van der Waals surface area contributed by atoms with Gasteiger partial charge in [0.2, 0.25) is 0 Å². The lowest BCUT2D eigenvalue weighted by atomic mass is 9.79. The first-order chi connectivity index (χ1) is 7.45. The molecule has 0 N–H and O–H groups in total. The molecule has 0 aliphatic rings. The fourth-order valence-electron chi connectivity index (χ4n) is 1.23. The third-order valence-electron chi connectivity index (χ3n) is 2.49. The maximum Gasteiger partial charge on any atom is 0.513 e. The average Bonchev–Trinajstić information content (AvgIpc) is 2.25. The molecule has 90 valence electrons. The predicted octanol–water partition coefficient (Wildman–Crippen LogP) is 3.17. The average molecular weight is 231 g/mol. The molecule has 0 aliphatic heterocycles. The Balaban J connectivity index is 2.80. The van der Waals surface area contributed by atoms with Crippen LogP contribution >= 0.6 is 0 Å². The highest BCUT2D eigenvalue weighted by atomic mass is 19.4. The Hall–Kier alpha value is -1.13. The molecular weight excluding hydrogens is 216 g/mol. The summed E-state index contributed by atoms with van der Waals surface area (Å²) in [6, 6.07) is 5.36. The van der Waals surface area contributed by atoms with Gasteiger partial charge in [0, 0.05) is 0 Å². The summed E-state index contributed by atoms with van der Waals surface area (Å²) in [6.45, 7) is -0.754. The molecule has 0 amide bonds. The van der Waals surface area contributed by atoms with Crippen LogP contribution in [0.2, 0.25) is 0 Å². The molecule has 5 heteroatoms. The van der Waals surface area contributed by atoms with Crippen LogP contribution in [-0.4, -0.2) is 13.6 Å². The first-order valence-corrected chi connectivity index (χ1v) is 5.36. The summed E-state index contributed by atoms with van der Waals surface area (Å²) in [4.78, 5) is 0. The van der Waals surface area contributed by atoms with Crippen LogP contribution in [0.3, 0.4) is 0 Å². The van der Waals surface area contributed by atoms with Gasteiger partial charge >= 0.3 is 6.98 Å². The zero-order valence-electron chi connectivity index (χ0n) is 9.42. The molecule has 0 saturated carbocycles. The maximum absolute atomic E-state index is 12.6. The van der Waals surface area contributed by atoms with Gasteiger partial charge in [-0.2, -0.15) is 0 Å². The van der Waals surface area contributed by atoms with Gasteiger partial charge in [-0.1, -0.05) is 43.9 Å². The van der Waals surface area contributed by atoms with Crippen molar-refractivity contribution in [2.24, 2.45) is 5.92 Å². The third-order valence-corrected chi connectivity index (χ3v) is 2.49. The maximum atomic E-state index is 12.6. The molecule has 0 aromatic heterocycles. The van der Waals surface area contributed by atoms with Crippen LogP contribution in [0.5, 0.6) is 5.75 Å². The zero-order chi connectivity index (χ0) is 12.2. The fraction of sp³-hybridized carbons (Fsp3) is 0.455. The Bertz CT molecular complexity index is 338. The SMILES string of the molecule is CCC(C)COc1ccccc1[B-](F)(F)F. The Labute approximate surface area is 93.7 Å². The second-order valence-electron chi connectivity index (χ2n) is 3.94. The van der Waals surface area contributed by atoms with Crippen LogP contribution in [0.1, 0.15) is 20.3 Å². The minimum absolute atomic E-state index is 0.0599. The van der Waals surface area contributed by atoms with Gasteiger partial charge in [0.15, 0.2) is 0 Å². The largest absolute Gasteiger partial charge is 0.513 e. The van der Waals surface area contributed by atoms with E-state index in [1.807, 2.05) is 13.8 Å². The summed E-state index contributed by atoms with van der Waals surface area (Å²) in [5.74, 6) is 0.198. The Kier molecular flexibility index (Phi) is 4.27. The molecule has 0 bridgehead atoms. The summed E-state index contributed by atoms with van der Waals surface area (Å²) >= 11 is 0. The Morgan fingerprint density at radius 3 is 2.44 bits per heavy atom. The highest BCUT2D eigenvalue weighted by Crippen LogP contribution is 2.18. The van der Waals surface area contributed by atoms with Crippen molar-refractivity contribution in [2.75, 3.05) is 6.61 Å². The van der Waals surface area contributed by atoms with E-state index in [-0.39, 0.29) is 11.7 Å². The molecule has 0 heterocycles. The molecule has 1 atom stereocenters. The van der Waals surface area contributed by atoms with Gasteiger partial charge in [0.25, 0.3) is 0 Å². The lowest BCUT2D eigenvalue weighted by Crippen LogP contribution is -2.35. The Morgan fingerprint density at radius 2 is 1.88 bits per heavy atom. The van der Waals surface area contributed by atoms with E-state index >= 15 is 0 Å². The molecular formula is C11H15BF3O-. The molecule has 16 heavy (non-hydrogen) atoms. The highest BCUT2D eigenvalue weighted by molar-refractivity contribution is 6.74. The highest BCUT2D eigenvalue weighted by Gasteiger charge is 2.28. The summed E-state index contributed by atoms with van der Waals surface area (Å²) in [6.07, 6.45) is 0.888. The van der Waals surface area contributed by atoms with E-state index in [1.54, 1.807) is 6.07 Å². The van der Waals surface area contributed by atoms with Crippen molar-refractivity contribution in [1.82, 2.24) is 0 Å². The normalized spacial score (nSPS) is 13.6. The van der Waals surface area contributed by atoms with E-state index < -0.39 is 12.4 Å². The van der Waals surface area contributed by atoms with Crippen molar-refractivity contribution in [3.05, 3.63) is 24.3 Å². The minimum Gasteiger partial charge on any atom is -0.496 e. The van der Waals surface area contributed by atoms with Gasteiger partial charge in [-0.05, 0) is 12.0 Å². The molecule has 0 saturated heterocycles. The predicted molar refractivity (Wildman–Crippen MR) is 60.1 cm³/mol. The zero-order valence-corrected chi connectivity index (χ0v) is 9.42. The molecule has 0 radical (unpaired) electrons. The second kappa shape index (κ2) is 5.28. The summed E-state index contributed by atoms with van der Waals surface area (Å²) < 4.78 is 43.1. The Morgan fingerprint density at radius 1 is 1.25 bits per heavy atom. The second-order valence-corrected chi connectivity index (χ2v) is 3.94. The van der Waals surface area contributed by atoms with Gasteiger partial charge in [-0.25, -0.2) is 0 Å². The van der Waals surface area contributed by atoms with Gasteiger partial charge in [0.05, 0.1) is 12.4 Å². The molecule has 0 spiro atoms. The smallest absolute Gasteiger partial charge is 0.496 e. The number of para-hydroxylation sites is 1. The van der Waals surface area contributed by atoms with E-state index in [1.165, 1.54) is 12.1 Å². The van der Waals surface area contributed by atoms with Crippen molar-refractivity contribution in [3.63, 3.8) is 0 Å². The fourth-order valence-corrected chi connectivity index (χ4v) is 1.23. The summed E-state index contributed by atoms with van der Waals surface area (Å²) in [7, 11) is 0. The quantitative estimate of drug-likeness (QED) is 0.707. The molecule has 1 rings (SSSR count). The topological polar surface area (TPSA) is 9.23 Å². The number of benzene rings is 1. The van der Waals surface area contributed by atoms with Crippen molar-refractivity contribution in [3.8, 4) is 5.75 Å². The third kappa shape index (κ3) is 3.47. The number of halogens is 3. The van der Waals surface area contributed by atoms with Crippen molar-refractivity contribution in [1.29, 1.82) is 0 Å². The first-order valence-electron chi connectivity index (χ1n) is 5.36. The number of hydrogen-bond acceptors (Lipinski definition) is 1. The summed E-state index contributed by atoms with van der Waals surface area (Å²) in [5.41, 5.74) is -0.647. The van der Waals surface area contributed by atoms with Gasteiger partial charge in [0.1, 0.15) is 0 Å². The van der Waals surface area contributed by atoms with Crippen LogP contribution in [-0.2, 0) is 0 Å². The van der Waals surface area contributed by atoms with Crippen molar-refractivity contribution in [2.45, 2.75) is 20.3 Å². The van der Waals surface area contributed by atoms with Crippen molar-refractivity contribution >= 4 is 12.4 Å². The van der Waals surface area contributed by atoms with Gasteiger partial charge in [-0.15, -0.1) is 0 Å². The molecule has 1 aromatic carbocycles. The molecule has 1 unspecified atom stereocenters. The van der Waals surface area contributed by atoms with Crippen LogP contribution in [0.25, 0.3) is 0 Å². The number of rotatable bonds is 5. The van der Waals surface area contributed by atoms with Crippen LogP contribution in [0, 0.1) is 5.92 Å². The first kappa shape index (κ1) is 12.9. The van der Waals surface area contributed by atoms with E-state index in [4.69, 9.17) is 4.74 Å². The number of hydrogen-bond donors (Lipinski definition) is 0. The number of ether oxygens (including phenoxy) is 1. The standard InChI is InChI=1S/C11H15BF3O/c1-3-9(2)8-16-11-7-5-4-6-10(11)12(13,14)15/h4-7,9H,3,8H2,1-2H3/q-1. The van der Waals surface area contributed by atoms with Crippen LogP contribution in [0.4, 0.5) is 12.9 Å². The van der Waals surface area contributed by atoms with Crippen LogP contribution in [0.15, 0.2) is 24.3 Å². The lowest BCUT2D eigenvalue weighted by molar-refractivity contribution is 0.257. The monoisotopic (exact) mass is 231 g/mol. The van der Waals surface area contributed by atoms with Crippen molar-refractivity contribution < 1.29 is 17.7 Å². The van der Waals surface area contributed by atoms with E-state index in [2.05, 4.69) is 0 Å².